The van der Waals surface area contributed by atoms with Crippen molar-refractivity contribution >= 4 is 11.8 Å². The van der Waals surface area contributed by atoms with Gasteiger partial charge in [-0.05, 0) is 55.0 Å². The zero-order valence-electron chi connectivity index (χ0n) is 15.4. The van der Waals surface area contributed by atoms with Gasteiger partial charge in [0.25, 0.3) is 5.91 Å². The van der Waals surface area contributed by atoms with E-state index in [1.807, 2.05) is 43.3 Å². The number of fused-ring (bicyclic) bond motifs is 1. The van der Waals surface area contributed by atoms with Gasteiger partial charge in [-0.25, -0.2) is 0 Å². The Morgan fingerprint density at radius 2 is 1.73 bits per heavy atom. The largest absolute Gasteiger partial charge is 0.352 e. The Labute approximate surface area is 155 Å². The molecule has 0 aromatic heterocycles. The second-order valence-electron chi connectivity index (χ2n) is 7.08. The van der Waals surface area contributed by atoms with Gasteiger partial charge in [0.1, 0.15) is 0 Å². The summed E-state index contributed by atoms with van der Waals surface area (Å²) in [6.07, 6.45) is 3.28. The molecule has 1 aliphatic rings. The minimum atomic E-state index is -0.196. The molecule has 26 heavy (non-hydrogen) atoms. The highest BCUT2D eigenvalue weighted by atomic mass is 16.2. The van der Waals surface area contributed by atoms with Gasteiger partial charge < -0.3 is 10.6 Å². The van der Waals surface area contributed by atoms with E-state index in [1.165, 1.54) is 16.7 Å². The second kappa shape index (κ2) is 8.17. The standard InChI is InChI=1S/C22H26N2O2/c1-15(17-7-4-3-5-8-17)16(2)24-21(25)14-23-22(26)20-12-11-18-9-6-10-19(18)13-20/h3-5,7-8,11-13,15-16H,6,9-10,14H2,1-2H3,(H,23,26)(H,24,25)/t15-,16-/m0/s1. The van der Waals surface area contributed by atoms with Gasteiger partial charge in [0, 0.05) is 17.5 Å². The highest BCUT2D eigenvalue weighted by molar-refractivity contribution is 5.96. The van der Waals surface area contributed by atoms with Crippen molar-refractivity contribution < 1.29 is 9.59 Å². The summed E-state index contributed by atoms with van der Waals surface area (Å²) in [6.45, 7) is 4.06. The van der Waals surface area contributed by atoms with E-state index in [1.54, 1.807) is 0 Å². The van der Waals surface area contributed by atoms with Crippen LogP contribution in [0.5, 0.6) is 0 Å². The van der Waals surface area contributed by atoms with E-state index in [2.05, 4.69) is 29.7 Å². The molecule has 2 amide bonds. The molecule has 0 aliphatic heterocycles. The Morgan fingerprint density at radius 3 is 2.50 bits per heavy atom. The van der Waals surface area contributed by atoms with Gasteiger partial charge in [0.05, 0.1) is 6.54 Å². The van der Waals surface area contributed by atoms with E-state index in [4.69, 9.17) is 0 Å². The number of hydrogen-bond donors (Lipinski definition) is 2. The van der Waals surface area contributed by atoms with Gasteiger partial charge in [0.2, 0.25) is 5.91 Å². The third kappa shape index (κ3) is 4.31. The summed E-state index contributed by atoms with van der Waals surface area (Å²) in [5, 5.41) is 5.70. The van der Waals surface area contributed by atoms with Gasteiger partial charge >= 0.3 is 0 Å². The predicted octanol–water partition coefficient (Wildman–Crippen LogP) is 3.21. The first-order valence-electron chi connectivity index (χ1n) is 9.29. The van der Waals surface area contributed by atoms with Gasteiger partial charge in [-0.1, -0.05) is 43.3 Å². The Morgan fingerprint density at radius 1 is 1.00 bits per heavy atom. The van der Waals surface area contributed by atoms with E-state index in [0.717, 1.165) is 19.3 Å². The first-order valence-corrected chi connectivity index (χ1v) is 9.29. The predicted molar refractivity (Wildman–Crippen MR) is 103 cm³/mol. The molecular weight excluding hydrogens is 324 g/mol. The summed E-state index contributed by atoms with van der Waals surface area (Å²) in [5.74, 6) is -0.166. The molecular formula is C22H26N2O2. The summed E-state index contributed by atoms with van der Waals surface area (Å²) in [6, 6.07) is 15.9. The van der Waals surface area contributed by atoms with Gasteiger partial charge in [-0.15, -0.1) is 0 Å². The van der Waals surface area contributed by atoms with Crippen molar-refractivity contribution in [2.75, 3.05) is 6.54 Å². The fraction of sp³-hybridized carbons (Fsp3) is 0.364. The van der Waals surface area contributed by atoms with Crippen LogP contribution >= 0.6 is 0 Å². The molecule has 2 N–H and O–H groups in total. The number of carbonyl (C=O) groups excluding carboxylic acids is 2. The lowest BCUT2D eigenvalue weighted by atomic mass is 9.94. The number of carbonyl (C=O) groups is 2. The quantitative estimate of drug-likeness (QED) is 0.840. The molecule has 0 fully saturated rings. The smallest absolute Gasteiger partial charge is 0.251 e. The summed E-state index contributed by atoms with van der Waals surface area (Å²) < 4.78 is 0. The number of rotatable bonds is 6. The maximum Gasteiger partial charge on any atom is 0.251 e. The molecule has 0 unspecified atom stereocenters. The fourth-order valence-corrected chi connectivity index (χ4v) is 3.45. The molecule has 1 aliphatic carbocycles. The molecule has 0 saturated carbocycles. The van der Waals surface area contributed by atoms with Crippen LogP contribution in [0.1, 0.15) is 53.2 Å². The Bertz CT molecular complexity index is 786. The lowest BCUT2D eigenvalue weighted by Gasteiger charge is -2.22. The fourth-order valence-electron chi connectivity index (χ4n) is 3.45. The van der Waals surface area contributed by atoms with Crippen molar-refractivity contribution in [3.05, 3.63) is 70.8 Å². The van der Waals surface area contributed by atoms with Crippen molar-refractivity contribution in [2.45, 2.75) is 45.1 Å². The van der Waals surface area contributed by atoms with Crippen molar-refractivity contribution in [2.24, 2.45) is 0 Å². The monoisotopic (exact) mass is 350 g/mol. The average molecular weight is 350 g/mol. The first kappa shape index (κ1) is 18.2. The molecule has 0 saturated heterocycles. The minimum absolute atomic E-state index is 0.0121. The van der Waals surface area contributed by atoms with E-state index < -0.39 is 0 Å². The van der Waals surface area contributed by atoms with Crippen molar-refractivity contribution in [3.63, 3.8) is 0 Å². The molecule has 0 heterocycles. The van der Waals surface area contributed by atoms with E-state index in [0.29, 0.717) is 5.56 Å². The summed E-state index contributed by atoms with van der Waals surface area (Å²) in [5.41, 5.74) is 4.40. The maximum atomic E-state index is 12.3. The normalized spacial score (nSPS) is 15.0. The first-order chi connectivity index (χ1) is 12.5. The molecule has 0 spiro atoms. The Kier molecular flexibility index (Phi) is 5.71. The van der Waals surface area contributed by atoms with E-state index in [9.17, 15) is 9.59 Å². The molecule has 4 nitrogen and oxygen atoms in total. The van der Waals surface area contributed by atoms with Crippen LogP contribution in [0.3, 0.4) is 0 Å². The maximum absolute atomic E-state index is 12.3. The Balaban J connectivity index is 1.50. The molecule has 2 atom stereocenters. The van der Waals surface area contributed by atoms with Crippen molar-refractivity contribution in [1.82, 2.24) is 10.6 Å². The van der Waals surface area contributed by atoms with Crippen LogP contribution in [-0.2, 0) is 17.6 Å². The third-order valence-corrected chi connectivity index (χ3v) is 5.23. The highest BCUT2D eigenvalue weighted by Crippen LogP contribution is 2.22. The van der Waals surface area contributed by atoms with Crippen molar-refractivity contribution in [1.29, 1.82) is 0 Å². The third-order valence-electron chi connectivity index (χ3n) is 5.23. The summed E-state index contributed by atoms with van der Waals surface area (Å²) in [4.78, 5) is 24.5. The van der Waals surface area contributed by atoms with E-state index >= 15 is 0 Å². The summed E-state index contributed by atoms with van der Waals surface area (Å²) in [7, 11) is 0. The van der Waals surface area contributed by atoms with Crippen LogP contribution in [0.2, 0.25) is 0 Å². The van der Waals surface area contributed by atoms with Gasteiger partial charge in [-0.2, -0.15) is 0 Å². The SMILES string of the molecule is C[C@H](NC(=O)CNC(=O)c1ccc2c(c1)CCC2)[C@H](C)c1ccccc1. The number of benzene rings is 2. The molecule has 0 bridgehead atoms. The molecule has 4 heteroatoms. The van der Waals surface area contributed by atoms with Gasteiger partial charge in [0.15, 0.2) is 0 Å². The number of aryl methyl sites for hydroxylation is 2. The van der Waals surface area contributed by atoms with Crippen LogP contribution in [-0.4, -0.2) is 24.4 Å². The molecule has 0 radical (unpaired) electrons. The molecule has 3 rings (SSSR count). The zero-order valence-corrected chi connectivity index (χ0v) is 15.4. The number of amides is 2. The lowest BCUT2D eigenvalue weighted by molar-refractivity contribution is -0.120. The molecule has 2 aromatic carbocycles. The van der Waals surface area contributed by atoms with Crippen LogP contribution in [0.15, 0.2) is 48.5 Å². The van der Waals surface area contributed by atoms with Crippen LogP contribution in [0.4, 0.5) is 0 Å². The Hall–Kier alpha value is -2.62. The second-order valence-corrected chi connectivity index (χ2v) is 7.08. The van der Waals surface area contributed by atoms with E-state index in [-0.39, 0.29) is 30.3 Å². The topological polar surface area (TPSA) is 58.2 Å². The lowest BCUT2D eigenvalue weighted by Crippen LogP contribution is -2.42. The van der Waals surface area contributed by atoms with Gasteiger partial charge in [-0.3, -0.25) is 9.59 Å². The molecule has 2 aromatic rings. The van der Waals surface area contributed by atoms with Crippen LogP contribution < -0.4 is 10.6 Å². The summed E-state index contributed by atoms with van der Waals surface area (Å²) >= 11 is 0. The minimum Gasteiger partial charge on any atom is -0.352 e. The van der Waals surface area contributed by atoms with Crippen LogP contribution in [0.25, 0.3) is 0 Å². The zero-order chi connectivity index (χ0) is 18.5. The average Bonchev–Trinajstić information content (AvgIpc) is 3.13. The number of hydrogen-bond acceptors (Lipinski definition) is 2. The van der Waals surface area contributed by atoms with Crippen LogP contribution in [0, 0.1) is 0 Å². The molecule has 136 valence electrons. The number of nitrogens with one attached hydrogen (secondary N) is 2. The van der Waals surface area contributed by atoms with Crippen molar-refractivity contribution in [3.8, 4) is 0 Å². The highest BCUT2D eigenvalue weighted by Gasteiger charge is 2.18.